The molecular weight excluding hydrogens is 408 g/mol. The summed E-state index contributed by atoms with van der Waals surface area (Å²) in [6, 6.07) is 22.2. The first kappa shape index (κ1) is 19.6. The molecule has 5 rings (SSSR count). The first-order valence-corrected chi connectivity index (χ1v) is 10.7. The van der Waals surface area contributed by atoms with Gasteiger partial charge in [0.1, 0.15) is 5.78 Å². The predicted molar refractivity (Wildman–Crippen MR) is 124 cm³/mol. The van der Waals surface area contributed by atoms with Crippen molar-refractivity contribution in [3.63, 3.8) is 0 Å². The van der Waals surface area contributed by atoms with Crippen molar-refractivity contribution in [2.75, 3.05) is 10.6 Å². The molecule has 0 unspecified atom stereocenters. The number of fused-ring (bicyclic) bond motifs is 2. The van der Waals surface area contributed by atoms with E-state index in [2.05, 4.69) is 16.7 Å². The topological polar surface area (TPSA) is 58.2 Å². The van der Waals surface area contributed by atoms with Gasteiger partial charge >= 0.3 is 0 Å². The molecule has 1 aliphatic carbocycles. The average molecular weight is 429 g/mol. The van der Waals surface area contributed by atoms with Gasteiger partial charge in [0.05, 0.1) is 23.3 Å². The second kappa shape index (κ2) is 8.05. The van der Waals surface area contributed by atoms with Crippen molar-refractivity contribution in [1.29, 1.82) is 0 Å². The first-order valence-electron chi connectivity index (χ1n) is 10.4. The Labute approximate surface area is 185 Å². The van der Waals surface area contributed by atoms with E-state index in [0.29, 0.717) is 29.0 Å². The summed E-state index contributed by atoms with van der Waals surface area (Å²) in [6.45, 7) is 0. The lowest BCUT2D eigenvalue weighted by Crippen LogP contribution is -2.31. The van der Waals surface area contributed by atoms with Crippen LogP contribution >= 0.6 is 11.6 Å². The number of nitrogens with one attached hydrogen (secondary N) is 2. The summed E-state index contributed by atoms with van der Waals surface area (Å²) >= 11 is 6.25. The molecule has 0 saturated heterocycles. The van der Waals surface area contributed by atoms with Crippen LogP contribution in [0.25, 0.3) is 0 Å². The van der Waals surface area contributed by atoms with E-state index in [1.54, 1.807) is 0 Å². The van der Waals surface area contributed by atoms with Crippen molar-refractivity contribution >= 4 is 34.5 Å². The quantitative estimate of drug-likeness (QED) is 0.501. The molecule has 2 aliphatic rings. The van der Waals surface area contributed by atoms with Crippen molar-refractivity contribution in [2.24, 2.45) is 5.92 Å². The minimum Gasteiger partial charge on any atom is -0.375 e. The van der Waals surface area contributed by atoms with Crippen molar-refractivity contribution in [2.45, 2.75) is 18.9 Å². The maximum absolute atomic E-state index is 13.0. The van der Waals surface area contributed by atoms with Crippen molar-refractivity contribution in [1.82, 2.24) is 0 Å². The zero-order valence-corrected chi connectivity index (χ0v) is 17.5. The van der Waals surface area contributed by atoms with Crippen LogP contribution in [-0.2, 0) is 4.79 Å². The van der Waals surface area contributed by atoms with E-state index in [1.807, 2.05) is 72.8 Å². The summed E-state index contributed by atoms with van der Waals surface area (Å²) in [4.78, 5) is 25.9. The van der Waals surface area contributed by atoms with E-state index in [-0.39, 0.29) is 23.5 Å². The van der Waals surface area contributed by atoms with E-state index in [1.165, 1.54) is 0 Å². The molecule has 2 N–H and O–H groups in total. The van der Waals surface area contributed by atoms with Crippen molar-refractivity contribution in [3.05, 3.63) is 106 Å². The van der Waals surface area contributed by atoms with E-state index >= 15 is 0 Å². The maximum atomic E-state index is 13.0. The van der Waals surface area contributed by atoms with Gasteiger partial charge in [0, 0.05) is 28.3 Å². The van der Waals surface area contributed by atoms with Crippen molar-refractivity contribution in [3.8, 4) is 0 Å². The molecule has 4 nitrogen and oxygen atoms in total. The molecule has 0 spiro atoms. The number of carbonyl (C=O) groups excluding carboxylic acids is 2. The number of allylic oxidation sites excluding steroid dienone is 1. The molecule has 0 bridgehead atoms. The minimum absolute atomic E-state index is 0.0360. The van der Waals surface area contributed by atoms with Gasteiger partial charge < -0.3 is 10.6 Å². The van der Waals surface area contributed by atoms with Gasteiger partial charge in [-0.25, -0.2) is 0 Å². The molecule has 0 fully saturated rings. The number of Topliss-reactive ketones (excluding diaryl/α,β-unsaturated/α-hetero) is 1. The zero-order chi connectivity index (χ0) is 21.4. The molecule has 0 radical (unpaired) electrons. The Hall–Kier alpha value is -3.37. The third-order valence-electron chi connectivity index (χ3n) is 5.89. The molecule has 0 saturated carbocycles. The van der Waals surface area contributed by atoms with Gasteiger partial charge in [0.25, 0.3) is 0 Å². The Morgan fingerprint density at radius 3 is 2.55 bits per heavy atom. The van der Waals surface area contributed by atoms with E-state index in [9.17, 15) is 9.59 Å². The third-order valence-corrected chi connectivity index (χ3v) is 6.12. The van der Waals surface area contributed by atoms with Crippen LogP contribution in [0.5, 0.6) is 0 Å². The molecule has 3 aromatic rings. The zero-order valence-electron chi connectivity index (χ0n) is 16.8. The van der Waals surface area contributed by atoms with Crippen molar-refractivity contribution < 1.29 is 9.59 Å². The molecule has 5 heteroatoms. The number of hydrogen-bond acceptors (Lipinski definition) is 4. The fourth-order valence-electron chi connectivity index (χ4n) is 4.37. The number of rotatable bonds is 3. The number of ketones is 2. The molecule has 1 heterocycles. The van der Waals surface area contributed by atoms with Crippen LogP contribution < -0.4 is 10.6 Å². The molecule has 31 heavy (non-hydrogen) atoms. The number of halogens is 1. The number of anilines is 2. The van der Waals surface area contributed by atoms with Crippen LogP contribution in [0.1, 0.15) is 40.4 Å². The number of hydrogen-bond donors (Lipinski definition) is 2. The predicted octanol–water partition coefficient (Wildman–Crippen LogP) is 6.01. The van der Waals surface area contributed by atoms with E-state index < -0.39 is 0 Å². The van der Waals surface area contributed by atoms with Gasteiger partial charge in [0.15, 0.2) is 5.78 Å². The summed E-state index contributed by atoms with van der Waals surface area (Å²) in [6.07, 6.45) is 3.31. The fourth-order valence-corrected chi connectivity index (χ4v) is 4.57. The lowest BCUT2D eigenvalue weighted by atomic mass is 9.82. The lowest BCUT2D eigenvalue weighted by molar-refractivity contribution is -0.122. The highest BCUT2D eigenvalue weighted by molar-refractivity contribution is 6.30. The Morgan fingerprint density at radius 1 is 0.903 bits per heavy atom. The summed E-state index contributed by atoms with van der Waals surface area (Å²) < 4.78 is 0. The SMILES string of the molecule is O=C(c1ccccc1)c1ccc2c(c1)NC1=CCCC(=O)[C@@H]1[C@@H](c1cccc(Cl)c1)N2. The van der Waals surface area contributed by atoms with Gasteiger partial charge in [-0.05, 0) is 42.3 Å². The van der Waals surface area contributed by atoms with E-state index in [4.69, 9.17) is 11.6 Å². The van der Waals surface area contributed by atoms with Crippen LogP contribution in [-0.4, -0.2) is 11.6 Å². The average Bonchev–Trinajstić information content (AvgIpc) is 2.96. The smallest absolute Gasteiger partial charge is 0.193 e. The summed E-state index contributed by atoms with van der Waals surface area (Å²) in [5.41, 5.74) is 4.70. The first-order chi connectivity index (χ1) is 15.1. The Morgan fingerprint density at radius 2 is 1.74 bits per heavy atom. The Bertz CT molecular complexity index is 1200. The molecule has 2 atom stereocenters. The molecule has 1 aliphatic heterocycles. The van der Waals surface area contributed by atoms with Crippen LogP contribution in [0.3, 0.4) is 0 Å². The highest BCUT2D eigenvalue weighted by Gasteiger charge is 2.37. The van der Waals surface area contributed by atoms with Crippen LogP contribution in [0.4, 0.5) is 11.4 Å². The van der Waals surface area contributed by atoms with Crippen LogP contribution in [0.2, 0.25) is 5.02 Å². The molecule has 154 valence electrons. The van der Waals surface area contributed by atoms with Gasteiger partial charge in [-0.3, -0.25) is 9.59 Å². The standard InChI is InChI=1S/C26H21ClN2O2/c27-19-9-4-8-17(14-19)25-24-21(10-5-11-23(24)30)28-22-15-18(12-13-20(22)29-25)26(31)16-6-2-1-3-7-16/h1-4,6-10,12-15,24-25,28-29H,5,11H2/t24-,25-/m1/s1. The second-order valence-electron chi connectivity index (χ2n) is 7.90. The largest absolute Gasteiger partial charge is 0.375 e. The molecule has 3 aromatic carbocycles. The highest BCUT2D eigenvalue weighted by Crippen LogP contribution is 2.42. The van der Waals surface area contributed by atoms with Gasteiger partial charge in [0.2, 0.25) is 0 Å². The number of benzene rings is 3. The Balaban J connectivity index is 1.57. The summed E-state index contributed by atoms with van der Waals surface area (Å²) in [7, 11) is 0. The monoisotopic (exact) mass is 428 g/mol. The van der Waals surface area contributed by atoms with Gasteiger partial charge in [-0.2, -0.15) is 0 Å². The normalized spacial score (nSPS) is 19.8. The lowest BCUT2D eigenvalue weighted by Gasteiger charge is -2.29. The molecule has 0 aromatic heterocycles. The Kier molecular flexibility index (Phi) is 5.08. The second-order valence-corrected chi connectivity index (χ2v) is 8.34. The highest BCUT2D eigenvalue weighted by atomic mass is 35.5. The third kappa shape index (κ3) is 3.75. The molecular formula is C26H21ClN2O2. The summed E-state index contributed by atoms with van der Waals surface area (Å²) in [5.74, 6) is -0.185. The fraction of sp³-hybridized carbons (Fsp3) is 0.154. The van der Waals surface area contributed by atoms with Gasteiger partial charge in [-0.1, -0.05) is 60.1 Å². The summed E-state index contributed by atoms with van der Waals surface area (Å²) in [5, 5.41) is 7.62. The van der Waals surface area contributed by atoms with Crippen LogP contribution in [0, 0.1) is 5.92 Å². The maximum Gasteiger partial charge on any atom is 0.193 e. The number of carbonyl (C=O) groups is 2. The molecule has 0 amide bonds. The van der Waals surface area contributed by atoms with E-state index in [0.717, 1.165) is 22.6 Å². The minimum atomic E-state index is -0.340. The van der Waals surface area contributed by atoms with Crippen LogP contribution in [0.15, 0.2) is 84.6 Å². The van der Waals surface area contributed by atoms with Gasteiger partial charge in [-0.15, -0.1) is 0 Å².